The number of hydrogen-bond donors (Lipinski definition) is 2. The van der Waals surface area contributed by atoms with E-state index in [-0.39, 0.29) is 12.5 Å². The normalized spacial score (nSPS) is 9.75. The minimum absolute atomic E-state index is 0.109. The van der Waals surface area contributed by atoms with Crippen LogP contribution >= 0.6 is 0 Å². The molecule has 0 fully saturated rings. The lowest BCUT2D eigenvalue weighted by molar-refractivity contribution is 0.0952. The quantitative estimate of drug-likeness (QED) is 0.634. The number of methoxy groups -OCH3 is 1. The third-order valence-corrected chi connectivity index (χ3v) is 3.46. The van der Waals surface area contributed by atoms with Crippen molar-refractivity contribution in [2.24, 2.45) is 0 Å². The topological polar surface area (TPSA) is 58.6 Å². The van der Waals surface area contributed by atoms with E-state index in [0.717, 1.165) is 23.3 Å². The summed E-state index contributed by atoms with van der Waals surface area (Å²) >= 11 is 0. The van der Waals surface area contributed by atoms with E-state index in [1.807, 2.05) is 36.4 Å². The van der Waals surface area contributed by atoms with Crippen LogP contribution < -0.4 is 10.1 Å². The van der Waals surface area contributed by atoms with Crippen molar-refractivity contribution in [1.82, 2.24) is 5.32 Å². The van der Waals surface area contributed by atoms with Crippen LogP contribution in [0, 0.1) is 11.8 Å². The molecule has 0 heterocycles. The van der Waals surface area contributed by atoms with Crippen LogP contribution in [0.5, 0.6) is 5.75 Å². The van der Waals surface area contributed by atoms with Gasteiger partial charge in [0.25, 0.3) is 5.91 Å². The SMILES string of the molecule is COc1ccc(C#Cc2ccc(C(=O)NCCCCO)cc2)cc1. The fourth-order valence-electron chi connectivity index (χ4n) is 2.06. The fourth-order valence-corrected chi connectivity index (χ4v) is 2.06. The molecule has 0 radical (unpaired) electrons. The molecule has 4 nitrogen and oxygen atoms in total. The van der Waals surface area contributed by atoms with Gasteiger partial charge in [0.2, 0.25) is 0 Å². The van der Waals surface area contributed by atoms with Crippen LogP contribution in [0.2, 0.25) is 0 Å². The lowest BCUT2D eigenvalue weighted by Crippen LogP contribution is -2.24. The second-order valence-corrected chi connectivity index (χ2v) is 5.24. The Hall–Kier alpha value is -2.77. The summed E-state index contributed by atoms with van der Waals surface area (Å²) in [5.41, 5.74) is 2.36. The van der Waals surface area contributed by atoms with Crippen molar-refractivity contribution >= 4 is 5.91 Å². The third-order valence-electron chi connectivity index (χ3n) is 3.46. The standard InChI is InChI=1S/C20H21NO3/c1-24-19-12-8-17(9-13-19)5-4-16-6-10-18(11-7-16)20(23)21-14-2-3-15-22/h6-13,22H,2-3,14-15H2,1H3,(H,21,23). The van der Waals surface area contributed by atoms with E-state index >= 15 is 0 Å². The maximum absolute atomic E-state index is 11.9. The van der Waals surface area contributed by atoms with Crippen molar-refractivity contribution in [3.8, 4) is 17.6 Å². The molecule has 1 amide bonds. The molecule has 0 aliphatic carbocycles. The average molecular weight is 323 g/mol. The minimum atomic E-state index is -0.109. The van der Waals surface area contributed by atoms with E-state index < -0.39 is 0 Å². The zero-order valence-corrected chi connectivity index (χ0v) is 13.7. The van der Waals surface area contributed by atoms with Crippen LogP contribution in [-0.4, -0.2) is 31.3 Å². The predicted molar refractivity (Wildman–Crippen MR) is 94.1 cm³/mol. The van der Waals surface area contributed by atoms with Gasteiger partial charge in [-0.05, 0) is 61.4 Å². The molecule has 0 aromatic heterocycles. The largest absolute Gasteiger partial charge is 0.497 e. The van der Waals surface area contributed by atoms with Gasteiger partial charge in [-0.2, -0.15) is 0 Å². The molecule has 0 aliphatic rings. The molecule has 0 aliphatic heterocycles. The van der Waals surface area contributed by atoms with Gasteiger partial charge in [0.05, 0.1) is 7.11 Å². The van der Waals surface area contributed by atoms with Crippen LogP contribution in [0.25, 0.3) is 0 Å². The molecule has 2 rings (SSSR count). The molecule has 0 bridgehead atoms. The van der Waals surface area contributed by atoms with Crippen molar-refractivity contribution in [1.29, 1.82) is 0 Å². The highest BCUT2D eigenvalue weighted by Gasteiger charge is 2.03. The van der Waals surface area contributed by atoms with Crippen molar-refractivity contribution in [3.05, 3.63) is 65.2 Å². The second kappa shape index (κ2) is 9.39. The average Bonchev–Trinajstić information content (AvgIpc) is 2.64. The number of benzene rings is 2. The fraction of sp³-hybridized carbons (Fsp3) is 0.250. The monoisotopic (exact) mass is 323 g/mol. The molecule has 0 atom stereocenters. The van der Waals surface area contributed by atoms with Gasteiger partial charge in [0.15, 0.2) is 0 Å². The van der Waals surface area contributed by atoms with Gasteiger partial charge in [-0.3, -0.25) is 4.79 Å². The summed E-state index contributed by atoms with van der Waals surface area (Å²) in [6.07, 6.45) is 1.47. The van der Waals surface area contributed by atoms with Gasteiger partial charge in [0, 0.05) is 29.8 Å². The van der Waals surface area contributed by atoms with Gasteiger partial charge in [0.1, 0.15) is 5.75 Å². The maximum Gasteiger partial charge on any atom is 0.251 e. The van der Waals surface area contributed by atoms with Crippen LogP contribution in [0.3, 0.4) is 0 Å². The first kappa shape index (κ1) is 17.6. The Morgan fingerprint density at radius 1 is 1.00 bits per heavy atom. The van der Waals surface area contributed by atoms with E-state index in [4.69, 9.17) is 9.84 Å². The molecule has 2 aromatic rings. The summed E-state index contributed by atoms with van der Waals surface area (Å²) in [5, 5.41) is 11.5. The van der Waals surface area contributed by atoms with E-state index in [9.17, 15) is 4.79 Å². The summed E-state index contributed by atoms with van der Waals surface area (Å²) in [4.78, 5) is 11.9. The molecule has 2 N–H and O–H groups in total. The summed E-state index contributed by atoms with van der Waals surface area (Å²) in [5.74, 6) is 6.85. The van der Waals surface area contributed by atoms with Gasteiger partial charge in [-0.25, -0.2) is 0 Å². The minimum Gasteiger partial charge on any atom is -0.497 e. The molecular weight excluding hydrogens is 302 g/mol. The van der Waals surface area contributed by atoms with E-state index in [0.29, 0.717) is 18.5 Å². The van der Waals surface area contributed by atoms with Crippen molar-refractivity contribution < 1.29 is 14.6 Å². The lowest BCUT2D eigenvalue weighted by atomic mass is 10.1. The van der Waals surface area contributed by atoms with Gasteiger partial charge < -0.3 is 15.2 Å². The Bertz CT molecular complexity index is 709. The Balaban J connectivity index is 1.94. The maximum atomic E-state index is 11.9. The number of aliphatic hydroxyl groups excluding tert-OH is 1. The predicted octanol–water partition coefficient (Wildman–Crippen LogP) is 2.60. The Labute approximate surface area is 142 Å². The third kappa shape index (κ3) is 5.45. The first-order valence-electron chi connectivity index (χ1n) is 7.88. The molecule has 0 saturated heterocycles. The Kier molecular flexibility index (Phi) is 6.88. The van der Waals surface area contributed by atoms with Crippen LogP contribution in [0.15, 0.2) is 48.5 Å². The molecule has 0 spiro atoms. The number of carbonyl (C=O) groups excluding carboxylic acids is 1. The first-order chi connectivity index (χ1) is 11.7. The smallest absolute Gasteiger partial charge is 0.251 e. The van der Waals surface area contributed by atoms with Gasteiger partial charge in [-0.15, -0.1) is 0 Å². The van der Waals surface area contributed by atoms with Gasteiger partial charge in [-0.1, -0.05) is 11.8 Å². The summed E-state index contributed by atoms with van der Waals surface area (Å²) in [6, 6.07) is 14.7. The lowest BCUT2D eigenvalue weighted by Gasteiger charge is -2.04. The van der Waals surface area contributed by atoms with Crippen molar-refractivity contribution in [3.63, 3.8) is 0 Å². The number of amides is 1. The number of nitrogens with one attached hydrogen (secondary N) is 1. The van der Waals surface area contributed by atoms with Crippen LogP contribution in [-0.2, 0) is 0 Å². The van der Waals surface area contributed by atoms with Crippen LogP contribution in [0.4, 0.5) is 0 Å². The molecule has 0 saturated carbocycles. The number of ether oxygens (including phenoxy) is 1. The van der Waals surface area contributed by atoms with E-state index in [2.05, 4.69) is 17.2 Å². The highest BCUT2D eigenvalue weighted by molar-refractivity contribution is 5.94. The van der Waals surface area contributed by atoms with Crippen molar-refractivity contribution in [2.45, 2.75) is 12.8 Å². The molecule has 24 heavy (non-hydrogen) atoms. The number of unbranched alkanes of at least 4 members (excludes halogenated alkanes) is 1. The zero-order chi connectivity index (χ0) is 17.2. The first-order valence-corrected chi connectivity index (χ1v) is 7.88. The highest BCUT2D eigenvalue weighted by atomic mass is 16.5. The van der Waals surface area contributed by atoms with E-state index in [1.54, 1.807) is 19.2 Å². The molecular formula is C20H21NO3. The summed E-state index contributed by atoms with van der Waals surface area (Å²) in [7, 11) is 1.63. The molecule has 0 unspecified atom stereocenters. The zero-order valence-electron chi connectivity index (χ0n) is 13.7. The Morgan fingerprint density at radius 3 is 2.12 bits per heavy atom. The van der Waals surface area contributed by atoms with Crippen LogP contribution in [0.1, 0.15) is 34.3 Å². The molecule has 2 aromatic carbocycles. The molecule has 4 heteroatoms. The number of hydrogen-bond acceptors (Lipinski definition) is 3. The second-order valence-electron chi connectivity index (χ2n) is 5.24. The Morgan fingerprint density at radius 2 is 1.58 bits per heavy atom. The summed E-state index contributed by atoms with van der Waals surface area (Å²) in [6.45, 7) is 0.718. The number of rotatable bonds is 6. The number of aliphatic hydroxyl groups is 1. The van der Waals surface area contributed by atoms with Crippen molar-refractivity contribution in [2.75, 3.05) is 20.3 Å². The highest BCUT2D eigenvalue weighted by Crippen LogP contribution is 2.10. The number of carbonyl (C=O) groups is 1. The van der Waals surface area contributed by atoms with E-state index in [1.165, 1.54) is 0 Å². The summed E-state index contributed by atoms with van der Waals surface area (Å²) < 4.78 is 5.11. The molecule has 124 valence electrons. The van der Waals surface area contributed by atoms with Gasteiger partial charge >= 0.3 is 0 Å².